The molecule has 1 N–H and O–H groups in total. The molecule has 2 unspecified atom stereocenters. The normalized spacial score (nSPS) is 21.4. The van der Waals surface area contributed by atoms with Gasteiger partial charge in [0.05, 0.1) is 6.61 Å². The van der Waals surface area contributed by atoms with E-state index in [4.69, 9.17) is 9.73 Å². The van der Waals surface area contributed by atoms with Gasteiger partial charge in [-0.05, 0) is 23.3 Å². The zero-order valence-corrected chi connectivity index (χ0v) is 17.3. The van der Waals surface area contributed by atoms with Gasteiger partial charge in [-0.15, -0.1) is 0 Å². The summed E-state index contributed by atoms with van der Waals surface area (Å²) in [6, 6.07) is 13.6. The highest BCUT2D eigenvalue weighted by molar-refractivity contribution is 8.13. The van der Waals surface area contributed by atoms with Gasteiger partial charge in [-0.25, -0.2) is 9.79 Å². The summed E-state index contributed by atoms with van der Waals surface area (Å²) < 4.78 is 5.51. The summed E-state index contributed by atoms with van der Waals surface area (Å²) in [5.41, 5.74) is 1.21. The van der Waals surface area contributed by atoms with Crippen LogP contribution >= 0.6 is 11.8 Å². The van der Waals surface area contributed by atoms with Gasteiger partial charge in [0.1, 0.15) is 0 Å². The van der Waals surface area contributed by atoms with Crippen LogP contribution in [-0.4, -0.2) is 65.9 Å². The molecule has 0 aliphatic carbocycles. The van der Waals surface area contributed by atoms with Crippen molar-refractivity contribution in [3.63, 3.8) is 0 Å². The predicted molar refractivity (Wildman–Crippen MR) is 115 cm³/mol. The molecule has 0 spiro atoms. The topological polar surface area (TPSA) is 74.2 Å². The second-order valence-corrected chi connectivity index (χ2v) is 7.94. The largest absolute Gasteiger partial charge is 0.380 e. The molecule has 2 aromatic carbocycles. The van der Waals surface area contributed by atoms with Crippen LogP contribution in [0.15, 0.2) is 47.5 Å². The molecule has 0 saturated carbocycles. The van der Waals surface area contributed by atoms with Crippen LogP contribution in [0, 0.1) is 0 Å². The Morgan fingerprint density at radius 2 is 1.97 bits per heavy atom. The third-order valence-corrected chi connectivity index (χ3v) is 6.29. The van der Waals surface area contributed by atoms with Crippen molar-refractivity contribution in [1.29, 1.82) is 0 Å². The minimum absolute atomic E-state index is 0.306. The van der Waals surface area contributed by atoms with Crippen molar-refractivity contribution in [1.82, 2.24) is 15.1 Å². The first kappa shape index (κ1) is 19.7. The molecule has 152 valence electrons. The summed E-state index contributed by atoms with van der Waals surface area (Å²) in [7, 11) is 1.67. The van der Waals surface area contributed by atoms with Crippen molar-refractivity contribution in [2.24, 2.45) is 4.99 Å². The number of carbonyl (C=O) groups excluding carboxylic acids is 2. The molecule has 1 fully saturated rings. The fraction of sp³-hybridized carbons (Fsp3) is 0.381. The van der Waals surface area contributed by atoms with Crippen molar-refractivity contribution in [2.45, 2.75) is 24.9 Å². The molecular formula is C21H24N4O3S. The molecule has 2 heterocycles. The Kier molecular flexibility index (Phi) is 5.73. The number of aliphatic imine (C=N–C) groups is 1. The first-order valence-corrected chi connectivity index (χ1v) is 10.7. The average Bonchev–Trinajstić information content (AvgIpc) is 3.10. The number of amides is 3. The minimum atomic E-state index is -0.520. The molecule has 7 nitrogen and oxygen atoms in total. The molecule has 0 bridgehead atoms. The maximum absolute atomic E-state index is 12.5. The van der Waals surface area contributed by atoms with Crippen LogP contribution < -0.4 is 5.32 Å². The Morgan fingerprint density at radius 3 is 2.79 bits per heavy atom. The molecule has 0 aromatic heterocycles. The van der Waals surface area contributed by atoms with Gasteiger partial charge in [-0.1, -0.05) is 54.2 Å². The third-order valence-electron chi connectivity index (χ3n) is 5.24. The van der Waals surface area contributed by atoms with Crippen LogP contribution in [-0.2, 0) is 15.3 Å². The summed E-state index contributed by atoms with van der Waals surface area (Å²) in [6.07, 6.45) is -0.507. The van der Waals surface area contributed by atoms with Crippen LogP contribution in [0.2, 0.25) is 0 Å². The second-order valence-electron chi connectivity index (χ2n) is 6.99. The van der Waals surface area contributed by atoms with Crippen molar-refractivity contribution in [3.05, 3.63) is 48.0 Å². The maximum Gasteiger partial charge on any atom is 0.325 e. The van der Waals surface area contributed by atoms with Gasteiger partial charge in [0.2, 0.25) is 0 Å². The van der Waals surface area contributed by atoms with Crippen LogP contribution in [0.4, 0.5) is 4.79 Å². The number of hydrogen-bond donors (Lipinski definition) is 1. The van der Waals surface area contributed by atoms with Gasteiger partial charge >= 0.3 is 6.03 Å². The fourth-order valence-corrected chi connectivity index (χ4v) is 4.81. The van der Waals surface area contributed by atoms with E-state index in [0.717, 1.165) is 10.9 Å². The number of fused-ring (bicyclic) bond motifs is 2. The van der Waals surface area contributed by atoms with Gasteiger partial charge < -0.3 is 14.5 Å². The first-order chi connectivity index (χ1) is 14.1. The van der Waals surface area contributed by atoms with Crippen molar-refractivity contribution in [3.8, 4) is 0 Å². The first-order valence-electron chi connectivity index (χ1n) is 9.69. The minimum Gasteiger partial charge on any atom is -0.380 e. The van der Waals surface area contributed by atoms with E-state index in [1.54, 1.807) is 18.8 Å². The van der Waals surface area contributed by atoms with Crippen LogP contribution in [0.5, 0.6) is 0 Å². The molecule has 2 aliphatic heterocycles. The molecule has 8 heteroatoms. The number of amidine groups is 1. The number of urea groups is 1. The van der Waals surface area contributed by atoms with Crippen molar-refractivity contribution >= 4 is 39.6 Å². The molecule has 2 aliphatic rings. The Morgan fingerprint density at radius 1 is 1.17 bits per heavy atom. The van der Waals surface area contributed by atoms with E-state index in [1.807, 2.05) is 24.0 Å². The molecule has 2 aromatic rings. The SMILES string of the molecule is CCOCCN1C(SCc2cccc3ccccc23)=NC2C1C(=O)NC(=O)N2C. The Hall–Kier alpha value is -2.58. The number of likely N-dealkylation sites (N-methyl/N-ethyl adjacent to an activating group) is 1. The van der Waals surface area contributed by atoms with Gasteiger partial charge in [0, 0.05) is 26.0 Å². The van der Waals surface area contributed by atoms with E-state index in [9.17, 15) is 9.59 Å². The van der Waals surface area contributed by atoms with Gasteiger partial charge in [-0.3, -0.25) is 10.1 Å². The Labute approximate surface area is 174 Å². The monoisotopic (exact) mass is 412 g/mol. The fourth-order valence-electron chi connectivity index (χ4n) is 3.72. The summed E-state index contributed by atoms with van der Waals surface area (Å²) in [6.45, 7) is 3.60. The smallest absolute Gasteiger partial charge is 0.325 e. The van der Waals surface area contributed by atoms with Crippen LogP contribution in [0.3, 0.4) is 0 Å². The zero-order chi connectivity index (χ0) is 20.4. The highest BCUT2D eigenvalue weighted by Crippen LogP contribution is 2.31. The van der Waals surface area contributed by atoms with E-state index in [-0.39, 0.29) is 5.91 Å². The molecule has 2 atom stereocenters. The molecule has 0 radical (unpaired) electrons. The number of nitrogens with one attached hydrogen (secondary N) is 1. The molecular weight excluding hydrogens is 388 g/mol. The number of hydrogen-bond acceptors (Lipinski definition) is 6. The van der Waals surface area contributed by atoms with Gasteiger partial charge in [-0.2, -0.15) is 0 Å². The Bertz CT molecular complexity index is 959. The number of nitrogens with zero attached hydrogens (tertiary/aromatic N) is 3. The highest BCUT2D eigenvalue weighted by Gasteiger charge is 2.48. The standard InChI is InChI=1S/C21H24N4O3S/c1-3-28-12-11-25-17-18(24(2)20(27)23-19(17)26)22-21(25)29-13-15-9-6-8-14-7-4-5-10-16(14)15/h4-10,17-18H,3,11-13H2,1-2H3,(H,23,26,27). The highest BCUT2D eigenvalue weighted by atomic mass is 32.2. The molecule has 1 saturated heterocycles. The van der Waals surface area contributed by atoms with Crippen molar-refractivity contribution in [2.75, 3.05) is 26.8 Å². The summed E-state index contributed by atoms with van der Waals surface area (Å²) >= 11 is 1.59. The lowest BCUT2D eigenvalue weighted by Gasteiger charge is -2.36. The van der Waals surface area contributed by atoms with Gasteiger partial charge in [0.15, 0.2) is 17.4 Å². The lowest BCUT2D eigenvalue weighted by atomic mass is 10.1. The zero-order valence-electron chi connectivity index (χ0n) is 16.5. The number of imide groups is 1. The quantitative estimate of drug-likeness (QED) is 0.739. The van der Waals surface area contributed by atoms with E-state index in [1.165, 1.54) is 21.2 Å². The molecule has 4 rings (SSSR count). The maximum atomic E-state index is 12.5. The third kappa shape index (κ3) is 3.82. The average molecular weight is 413 g/mol. The number of benzene rings is 2. The molecule has 3 amide bonds. The second kappa shape index (κ2) is 8.42. The van der Waals surface area contributed by atoms with E-state index >= 15 is 0 Å². The van der Waals surface area contributed by atoms with Crippen LogP contribution in [0.25, 0.3) is 10.8 Å². The Balaban J connectivity index is 1.57. The van der Waals surface area contributed by atoms with Crippen LogP contribution in [0.1, 0.15) is 12.5 Å². The summed E-state index contributed by atoms with van der Waals surface area (Å²) in [5.74, 6) is 0.420. The van der Waals surface area contributed by atoms with E-state index in [0.29, 0.717) is 19.8 Å². The van der Waals surface area contributed by atoms with Gasteiger partial charge in [0.25, 0.3) is 5.91 Å². The summed E-state index contributed by atoms with van der Waals surface area (Å²) in [5, 5.41) is 5.60. The molecule has 29 heavy (non-hydrogen) atoms. The number of rotatable bonds is 6. The predicted octanol–water partition coefficient (Wildman–Crippen LogP) is 2.66. The number of ether oxygens (including phenoxy) is 1. The lowest BCUT2D eigenvalue weighted by Crippen LogP contribution is -2.63. The van der Waals surface area contributed by atoms with E-state index < -0.39 is 18.2 Å². The number of thioether (sulfide) groups is 1. The summed E-state index contributed by atoms with van der Waals surface area (Å²) in [4.78, 5) is 32.8. The lowest BCUT2D eigenvalue weighted by molar-refractivity contribution is -0.127. The number of carbonyl (C=O) groups is 2. The van der Waals surface area contributed by atoms with Crippen molar-refractivity contribution < 1.29 is 14.3 Å². The van der Waals surface area contributed by atoms with E-state index in [2.05, 4.69) is 35.6 Å².